The van der Waals surface area contributed by atoms with Crippen LogP contribution in [0.1, 0.15) is 45.1 Å². The van der Waals surface area contributed by atoms with Gasteiger partial charge in [0, 0.05) is 22.3 Å². The Kier molecular flexibility index (Phi) is 3.75. The molecule has 6 heteroatoms. The highest BCUT2D eigenvalue weighted by atomic mass is 19.4. The summed E-state index contributed by atoms with van der Waals surface area (Å²) in [6, 6.07) is 16.5. The van der Waals surface area contributed by atoms with E-state index in [0.29, 0.717) is 55.6 Å². The van der Waals surface area contributed by atoms with Crippen LogP contribution in [0.4, 0.5) is 13.2 Å². The summed E-state index contributed by atoms with van der Waals surface area (Å²) < 4.78 is 41.0. The molecule has 0 aromatic heterocycles. The second-order valence-corrected chi connectivity index (χ2v) is 7.48. The van der Waals surface area contributed by atoms with Gasteiger partial charge in [-0.05, 0) is 70.6 Å². The molecule has 3 aromatic rings. The van der Waals surface area contributed by atoms with E-state index in [2.05, 4.69) is 0 Å². The van der Waals surface area contributed by atoms with Crippen molar-refractivity contribution in [3.63, 3.8) is 0 Å². The van der Waals surface area contributed by atoms with Crippen LogP contribution in [-0.4, -0.2) is 12.0 Å². The van der Waals surface area contributed by atoms with Crippen LogP contribution >= 0.6 is 0 Å². The number of rotatable bonds is 0. The third-order valence-electron chi connectivity index (χ3n) is 5.87. The number of ketones is 1. The first-order chi connectivity index (χ1) is 14.8. The van der Waals surface area contributed by atoms with Gasteiger partial charge in [0.2, 0.25) is 0 Å². The number of carbonyl (C=O) groups excluding carboxylic acids is 1. The maximum absolute atomic E-state index is 13.7. The van der Waals surface area contributed by atoms with Gasteiger partial charge in [-0.2, -0.15) is 23.7 Å². The van der Waals surface area contributed by atoms with E-state index in [-0.39, 0.29) is 11.4 Å². The van der Waals surface area contributed by atoms with Crippen LogP contribution in [0.15, 0.2) is 54.1 Å². The molecule has 0 heterocycles. The number of allylic oxidation sites excluding steroid dienone is 1. The zero-order valence-corrected chi connectivity index (χ0v) is 16.1. The number of nitriles is 2. The number of benzene rings is 3. The maximum atomic E-state index is 13.7. The molecule has 0 spiro atoms. The summed E-state index contributed by atoms with van der Waals surface area (Å²) >= 11 is 0. The van der Waals surface area contributed by atoms with E-state index in [0.717, 1.165) is 6.92 Å². The molecule has 0 aliphatic heterocycles. The standard InChI is InChI=1S/C25H11F3N2O/c1-12(25(26,27)28)21-16-4-2-14(11-30)9-20(16)22-18(21)7-6-15-19-8-13(10-29)3-5-17(19)24(31)23(15)22/h2-9H,1H3/b21-12-. The lowest BCUT2D eigenvalue weighted by Crippen LogP contribution is -2.11. The molecule has 0 saturated heterocycles. The van der Waals surface area contributed by atoms with Gasteiger partial charge in [-0.1, -0.05) is 18.2 Å². The molecule has 3 aromatic carbocycles. The summed E-state index contributed by atoms with van der Waals surface area (Å²) in [5.41, 5.74) is 3.34. The fourth-order valence-electron chi connectivity index (χ4n) is 4.45. The fraction of sp³-hybridized carbons (Fsp3) is 0.0800. The van der Waals surface area contributed by atoms with Gasteiger partial charge in [-0.15, -0.1) is 0 Å². The number of nitrogens with zero attached hydrogens (tertiary/aromatic N) is 2. The van der Waals surface area contributed by atoms with Crippen molar-refractivity contribution in [2.24, 2.45) is 0 Å². The lowest BCUT2D eigenvalue weighted by atomic mass is 9.93. The third-order valence-corrected chi connectivity index (χ3v) is 5.87. The van der Waals surface area contributed by atoms with E-state index >= 15 is 0 Å². The Bertz CT molecular complexity index is 1460. The first-order valence-electron chi connectivity index (χ1n) is 9.36. The SMILES string of the molecule is C/C(=C1\c2ccc(C#N)cc2-c2c1ccc1c2C(=O)c2ccc(C#N)cc2-1)C(F)(F)F. The lowest BCUT2D eigenvalue weighted by molar-refractivity contribution is -0.0906. The van der Waals surface area contributed by atoms with Crippen molar-refractivity contribution in [3.8, 4) is 34.4 Å². The van der Waals surface area contributed by atoms with Gasteiger partial charge in [-0.3, -0.25) is 4.79 Å². The molecule has 0 amide bonds. The van der Waals surface area contributed by atoms with Crippen molar-refractivity contribution in [1.29, 1.82) is 10.5 Å². The maximum Gasteiger partial charge on any atom is 0.413 e. The van der Waals surface area contributed by atoms with Crippen LogP contribution in [0, 0.1) is 22.7 Å². The highest BCUT2D eigenvalue weighted by Gasteiger charge is 2.40. The van der Waals surface area contributed by atoms with Crippen molar-refractivity contribution in [2.45, 2.75) is 13.1 Å². The van der Waals surface area contributed by atoms with E-state index in [4.69, 9.17) is 0 Å². The molecule has 2 aliphatic rings. The zero-order valence-electron chi connectivity index (χ0n) is 16.1. The second kappa shape index (κ2) is 6.17. The smallest absolute Gasteiger partial charge is 0.289 e. The van der Waals surface area contributed by atoms with Crippen molar-refractivity contribution in [2.75, 3.05) is 0 Å². The van der Waals surface area contributed by atoms with Gasteiger partial charge in [-0.25, -0.2) is 0 Å². The summed E-state index contributed by atoms with van der Waals surface area (Å²) in [5, 5.41) is 18.5. The monoisotopic (exact) mass is 412 g/mol. The Labute approximate surface area is 175 Å². The minimum Gasteiger partial charge on any atom is -0.289 e. The molecule has 0 saturated carbocycles. The first kappa shape index (κ1) is 18.8. The highest BCUT2D eigenvalue weighted by molar-refractivity contribution is 6.27. The number of hydrogen-bond donors (Lipinski definition) is 0. The Morgan fingerprint density at radius 2 is 1.29 bits per heavy atom. The average Bonchev–Trinajstić information content (AvgIpc) is 3.23. The average molecular weight is 412 g/mol. The van der Waals surface area contributed by atoms with E-state index in [9.17, 15) is 28.5 Å². The molecule has 3 nitrogen and oxygen atoms in total. The Hall–Kier alpha value is -4.16. The van der Waals surface area contributed by atoms with Gasteiger partial charge in [0.15, 0.2) is 5.78 Å². The van der Waals surface area contributed by atoms with Gasteiger partial charge in [0.05, 0.1) is 23.3 Å². The van der Waals surface area contributed by atoms with Crippen LogP contribution in [-0.2, 0) is 0 Å². The lowest BCUT2D eigenvalue weighted by Gasteiger charge is -2.13. The second-order valence-electron chi connectivity index (χ2n) is 7.48. The zero-order chi connectivity index (χ0) is 22.1. The summed E-state index contributed by atoms with van der Waals surface area (Å²) in [4.78, 5) is 13.3. The van der Waals surface area contributed by atoms with Gasteiger partial charge in [0.1, 0.15) is 0 Å². The molecule has 2 aliphatic carbocycles. The third kappa shape index (κ3) is 2.49. The van der Waals surface area contributed by atoms with Crippen molar-refractivity contribution in [1.82, 2.24) is 0 Å². The molecule has 0 radical (unpaired) electrons. The molecule has 5 rings (SSSR count). The van der Waals surface area contributed by atoms with Gasteiger partial charge in [0.25, 0.3) is 0 Å². The largest absolute Gasteiger partial charge is 0.413 e. The molecule has 148 valence electrons. The Balaban J connectivity index is 1.90. The molecular formula is C25H11F3N2O. The Morgan fingerprint density at radius 1 is 0.742 bits per heavy atom. The van der Waals surface area contributed by atoms with E-state index in [1.165, 1.54) is 18.2 Å². The molecule has 0 atom stereocenters. The van der Waals surface area contributed by atoms with Crippen LogP contribution < -0.4 is 0 Å². The van der Waals surface area contributed by atoms with Gasteiger partial charge >= 0.3 is 6.18 Å². The van der Waals surface area contributed by atoms with E-state index in [1.54, 1.807) is 30.3 Å². The number of carbonyl (C=O) groups is 1. The van der Waals surface area contributed by atoms with E-state index in [1.807, 2.05) is 12.1 Å². The predicted molar refractivity (Wildman–Crippen MR) is 108 cm³/mol. The summed E-state index contributed by atoms with van der Waals surface area (Å²) in [6.07, 6.45) is -4.55. The number of halogens is 3. The van der Waals surface area contributed by atoms with E-state index < -0.39 is 11.7 Å². The normalized spacial score (nSPS) is 14.8. The summed E-state index contributed by atoms with van der Waals surface area (Å²) in [5.74, 6) is -0.300. The summed E-state index contributed by atoms with van der Waals surface area (Å²) in [6.45, 7) is 1.02. The van der Waals surface area contributed by atoms with Crippen LogP contribution in [0.25, 0.3) is 27.8 Å². The van der Waals surface area contributed by atoms with Gasteiger partial charge < -0.3 is 0 Å². The molecule has 0 bridgehead atoms. The number of alkyl halides is 3. The van der Waals surface area contributed by atoms with Crippen LogP contribution in [0.5, 0.6) is 0 Å². The predicted octanol–water partition coefficient (Wildman–Crippen LogP) is 6.01. The van der Waals surface area contributed by atoms with Crippen LogP contribution in [0.3, 0.4) is 0 Å². The van der Waals surface area contributed by atoms with Crippen LogP contribution in [0.2, 0.25) is 0 Å². The highest BCUT2D eigenvalue weighted by Crippen LogP contribution is 2.53. The van der Waals surface area contributed by atoms with Crippen molar-refractivity contribution >= 4 is 11.4 Å². The molecule has 0 N–H and O–H groups in total. The molecular weight excluding hydrogens is 401 g/mol. The number of hydrogen-bond acceptors (Lipinski definition) is 3. The molecule has 31 heavy (non-hydrogen) atoms. The first-order valence-corrected chi connectivity index (χ1v) is 9.36. The topological polar surface area (TPSA) is 64.7 Å². The fourth-order valence-corrected chi connectivity index (χ4v) is 4.45. The van der Waals surface area contributed by atoms with Crippen molar-refractivity contribution < 1.29 is 18.0 Å². The Morgan fingerprint density at radius 3 is 1.90 bits per heavy atom. The minimum absolute atomic E-state index is 0.0197. The minimum atomic E-state index is -4.55. The summed E-state index contributed by atoms with van der Waals surface area (Å²) in [7, 11) is 0. The number of fused-ring (bicyclic) bond motifs is 7. The molecule has 0 fully saturated rings. The molecule has 0 unspecified atom stereocenters. The van der Waals surface area contributed by atoms with Crippen molar-refractivity contribution in [3.05, 3.63) is 87.5 Å². The quantitative estimate of drug-likeness (QED) is 0.313.